The van der Waals surface area contributed by atoms with Crippen LogP contribution in [0, 0.1) is 0 Å². The summed E-state index contributed by atoms with van der Waals surface area (Å²) in [6.45, 7) is 1.42. The Hall–Kier alpha value is -1.70. The zero-order valence-electron chi connectivity index (χ0n) is 14.5. The highest BCUT2D eigenvalue weighted by molar-refractivity contribution is 6.32. The third-order valence-corrected chi connectivity index (χ3v) is 5.00. The Morgan fingerprint density at radius 1 is 1.31 bits per heavy atom. The van der Waals surface area contributed by atoms with E-state index in [2.05, 4.69) is 5.32 Å². The van der Waals surface area contributed by atoms with Gasteiger partial charge in [0.15, 0.2) is 18.1 Å². The molecule has 0 radical (unpaired) electrons. The largest absolute Gasteiger partial charge is 0.493 e. The van der Waals surface area contributed by atoms with E-state index in [-0.39, 0.29) is 47.8 Å². The van der Waals surface area contributed by atoms with Crippen LogP contribution >= 0.6 is 24.0 Å². The lowest BCUT2D eigenvalue weighted by molar-refractivity contribution is -0.119. The van der Waals surface area contributed by atoms with Crippen molar-refractivity contribution in [2.45, 2.75) is 31.3 Å². The van der Waals surface area contributed by atoms with E-state index < -0.39 is 5.91 Å². The molecule has 26 heavy (non-hydrogen) atoms. The zero-order chi connectivity index (χ0) is 18.0. The van der Waals surface area contributed by atoms with E-state index in [0.717, 1.165) is 32.4 Å². The van der Waals surface area contributed by atoms with Gasteiger partial charge in [-0.2, -0.15) is 0 Å². The zero-order valence-corrected chi connectivity index (χ0v) is 16.1. The first-order valence-corrected chi connectivity index (χ1v) is 8.71. The molecule has 1 aromatic carbocycles. The quantitative estimate of drug-likeness (QED) is 0.778. The molecular formula is C17H23Cl2N3O4. The third-order valence-electron chi connectivity index (χ3n) is 4.72. The Kier molecular flexibility index (Phi) is 6.97. The van der Waals surface area contributed by atoms with Crippen LogP contribution in [0.4, 0.5) is 0 Å². The van der Waals surface area contributed by atoms with Crippen LogP contribution in [0.1, 0.15) is 29.6 Å². The fourth-order valence-electron chi connectivity index (χ4n) is 3.59. The molecule has 7 nitrogen and oxygen atoms in total. The van der Waals surface area contributed by atoms with Crippen LogP contribution in [0.15, 0.2) is 12.1 Å². The van der Waals surface area contributed by atoms with Crippen molar-refractivity contribution in [2.24, 2.45) is 5.73 Å². The molecule has 3 rings (SSSR count). The number of halogens is 2. The van der Waals surface area contributed by atoms with Gasteiger partial charge in [-0.3, -0.25) is 9.59 Å². The van der Waals surface area contributed by atoms with Gasteiger partial charge in [0.05, 0.1) is 12.1 Å². The Balaban J connectivity index is 0.00000243. The second-order valence-electron chi connectivity index (χ2n) is 6.33. The molecule has 2 fully saturated rings. The standard InChI is InChI=1S/C17H22ClN3O4.ClH/c1-24-14-7-10(6-13(18)16(14)25-9-15(19)22)17(23)21-11-2-3-12(21)8-20-5-4-11;/h6-7,11-12,20H,2-5,8-9H2,1H3,(H2,19,22);1H. The molecule has 0 aromatic heterocycles. The smallest absolute Gasteiger partial charge is 0.255 e. The molecule has 2 saturated heterocycles. The van der Waals surface area contributed by atoms with Crippen molar-refractivity contribution in [3.8, 4) is 11.5 Å². The number of primary amides is 1. The molecule has 2 heterocycles. The maximum Gasteiger partial charge on any atom is 0.255 e. The van der Waals surface area contributed by atoms with Crippen molar-refractivity contribution in [1.82, 2.24) is 10.2 Å². The summed E-state index contributed by atoms with van der Waals surface area (Å²) < 4.78 is 10.6. The van der Waals surface area contributed by atoms with Crippen molar-refractivity contribution in [1.29, 1.82) is 0 Å². The van der Waals surface area contributed by atoms with Crippen LogP contribution in [0.25, 0.3) is 0 Å². The molecule has 2 amide bonds. The predicted octanol–water partition coefficient (Wildman–Crippen LogP) is 1.60. The molecule has 2 bridgehead atoms. The Labute approximate surface area is 163 Å². The molecule has 0 aliphatic carbocycles. The Morgan fingerprint density at radius 3 is 2.73 bits per heavy atom. The first-order valence-electron chi connectivity index (χ1n) is 8.33. The highest BCUT2D eigenvalue weighted by Crippen LogP contribution is 2.38. The van der Waals surface area contributed by atoms with Crippen LogP contribution in [-0.4, -0.2) is 55.6 Å². The SMILES string of the molecule is COc1cc(C(=O)N2C3CCNCC2CC3)cc(Cl)c1OCC(N)=O.Cl. The maximum atomic E-state index is 13.1. The van der Waals surface area contributed by atoms with E-state index in [0.29, 0.717) is 11.3 Å². The van der Waals surface area contributed by atoms with Crippen molar-refractivity contribution in [2.75, 3.05) is 26.8 Å². The molecule has 2 aliphatic heterocycles. The summed E-state index contributed by atoms with van der Waals surface area (Å²) in [6.07, 6.45) is 2.99. The topological polar surface area (TPSA) is 93.9 Å². The number of amides is 2. The number of benzene rings is 1. The molecule has 1 aromatic rings. The van der Waals surface area contributed by atoms with Gasteiger partial charge < -0.3 is 25.4 Å². The molecule has 9 heteroatoms. The molecule has 144 valence electrons. The monoisotopic (exact) mass is 403 g/mol. The fraction of sp³-hybridized carbons (Fsp3) is 0.529. The van der Waals surface area contributed by atoms with E-state index in [1.165, 1.54) is 7.11 Å². The van der Waals surface area contributed by atoms with Gasteiger partial charge >= 0.3 is 0 Å². The lowest BCUT2D eigenvalue weighted by Crippen LogP contribution is -2.42. The number of nitrogens with zero attached hydrogens (tertiary/aromatic N) is 1. The van der Waals surface area contributed by atoms with Gasteiger partial charge in [-0.05, 0) is 37.9 Å². The second kappa shape index (κ2) is 8.79. The third kappa shape index (κ3) is 4.16. The number of rotatable bonds is 5. The van der Waals surface area contributed by atoms with Crippen LogP contribution < -0.4 is 20.5 Å². The number of carbonyl (C=O) groups excluding carboxylic acids is 2. The number of hydrogen-bond donors (Lipinski definition) is 2. The normalized spacial score (nSPS) is 21.5. The molecule has 2 aliphatic rings. The van der Waals surface area contributed by atoms with Gasteiger partial charge in [-0.25, -0.2) is 0 Å². The summed E-state index contributed by atoms with van der Waals surface area (Å²) in [4.78, 5) is 26.0. The molecule has 3 N–H and O–H groups in total. The first-order chi connectivity index (χ1) is 12.0. The lowest BCUT2D eigenvalue weighted by atomic mass is 10.1. The van der Waals surface area contributed by atoms with Crippen molar-refractivity contribution >= 4 is 35.8 Å². The second-order valence-corrected chi connectivity index (χ2v) is 6.74. The molecule has 0 spiro atoms. The number of hydrogen-bond acceptors (Lipinski definition) is 5. The summed E-state index contributed by atoms with van der Waals surface area (Å²) in [5, 5.41) is 3.59. The summed E-state index contributed by atoms with van der Waals surface area (Å²) in [6, 6.07) is 3.61. The molecular weight excluding hydrogens is 381 g/mol. The van der Waals surface area contributed by atoms with Gasteiger partial charge in [0.25, 0.3) is 11.8 Å². The summed E-state index contributed by atoms with van der Waals surface area (Å²) in [5.74, 6) is -0.165. The van der Waals surface area contributed by atoms with Crippen molar-refractivity contribution in [3.05, 3.63) is 22.7 Å². The Bertz CT molecular complexity index is 672. The van der Waals surface area contributed by atoms with Gasteiger partial charge in [-0.15, -0.1) is 12.4 Å². The van der Waals surface area contributed by atoms with Crippen LogP contribution in [0.3, 0.4) is 0 Å². The predicted molar refractivity (Wildman–Crippen MR) is 100 cm³/mol. The molecule has 0 saturated carbocycles. The minimum atomic E-state index is -0.619. The van der Waals surface area contributed by atoms with Gasteiger partial charge in [0, 0.05) is 24.2 Å². The van der Waals surface area contributed by atoms with Gasteiger partial charge in [0.1, 0.15) is 0 Å². The van der Waals surface area contributed by atoms with Gasteiger partial charge in [-0.1, -0.05) is 11.6 Å². The van der Waals surface area contributed by atoms with E-state index in [1.54, 1.807) is 12.1 Å². The Morgan fingerprint density at radius 2 is 2.04 bits per heavy atom. The molecule has 2 atom stereocenters. The lowest BCUT2D eigenvalue weighted by Gasteiger charge is -2.28. The minimum absolute atomic E-state index is 0. The fourth-order valence-corrected chi connectivity index (χ4v) is 3.85. The number of carbonyl (C=O) groups is 2. The number of nitrogens with two attached hydrogens (primary N) is 1. The van der Waals surface area contributed by atoms with Crippen LogP contribution in [-0.2, 0) is 4.79 Å². The average molecular weight is 404 g/mol. The highest BCUT2D eigenvalue weighted by atomic mass is 35.5. The van der Waals surface area contributed by atoms with Crippen molar-refractivity contribution in [3.63, 3.8) is 0 Å². The highest BCUT2D eigenvalue weighted by Gasteiger charge is 2.38. The molecule has 2 unspecified atom stereocenters. The van der Waals surface area contributed by atoms with E-state index >= 15 is 0 Å². The van der Waals surface area contributed by atoms with E-state index in [4.69, 9.17) is 26.8 Å². The van der Waals surface area contributed by atoms with E-state index in [9.17, 15) is 9.59 Å². The summed E-state index contributed by atoms with van der Waals surface area (Å²) in [5.41, 5.74) is 5.55. The first kappa shape index (κ1) is 20.6. The number of ether oxygens (including phenoxy) is 2. The summed E-state index contributed by atoms with van der Waals surface area (Å²) >= 11 is 6.26. The average Bonchev–Trinajstić information content (AvgIpc) is 2.84. The van der Waals surface area contributed by atoms with E-state index in [1.807, 2.05) is 4.90 Å². The van der Waals surface area contributed by atoms with Crippen molar-refractivity contribution < 1.29 is 19.1 Å². The number of fused-ring (bicyclic) bond motifs is 2. The number of methoxy groups -OCH3 is 1. The minimum Gasteiger partial charge on any atom is -0.493 e. The number of nitrogens with one attached hydrogen (secondary N) is 1. The summed E-state index contributed by atoms with van der Waals surface area (Å²) in [7, 11) is 1.45. The van der Waals surface area contributed by atoms with Crippen LogP contribution in [0.5, 0.6) is 11.5 Å². The van der Waals surface area contributed by atoms with Gasteiger partial charge in [0.2, 0.25) is 0 Å². The maximum absolute atomic E-state index is 13.1. The van der Waals surface area contributed by atoms with Crippen LogP contribution in [0.2, 0.25) is 5.02 Å².